The van der Waals surface area contributed by atoms with Crippen molar-refractivity contribution < 1.29 is 4.74 Å². The molecule has 2 saturated carbocycles. The van der Waals surface area contributed by atoms with Crippen LogP contribution in [-0.4, -0.2) is 24.3 Å². The number of hydrogen-bond donors (Lipinski definition) is 1. The lowest BCUT2D eigenvalue weighted by Crippen LogP contribution is -2.50. The number of nitrogens with one attached hydrogen (secondary N) is 1. The van der Waals surface area contributed by atoms with E-state index in [0.29, 0.717) is 17.6 Å². The van der Waals surface area contributed by atoms with E-state index in [1.807, 2.05) is 0 Å². The van der Waals surface area contributed by atoms with Crippen LogP contribution < -0.4 is 5.32 Å². The van der Waals surface area contributed by atoms with E-state index in [-0.39, 0.29) is 5.60 Å². The molecule has 2 fully saturated rings. The van der Waals surface area contributed by atoms with Crippen LogP contribution in [0.25, 0.3) is 0 Å². The van der Waals surface area contributed by atoms with Crippen molar-refractivity contribution >= 4 is 0 Å². The zero-order chi connectivity index (χ0) is 15.5. The van der Waals surface area contributed by atoms with E-state index in [0.717, 1.165) is 12.5 Å². The van der Waals surface area contributed by atoms with Crippen molar-refractivity contribution in [3.05, 3.63) is 0 Å². The van der Waals surface area contributed by atoms with Crippen LogP contribution in [0.5, 0.6) is 0 Å². The fourth-order valence-electron chi connectivity index (χ4n) is 3.86. The predicted molar refractivity (Wildman–Crippen MR) is 90.6 cm³/mol. The lowest BCUT2D eigenvalue weighted by molar-refractivity contribution is -0.134. The fourth-order valence-corrected chi connectivity index (χ4v) is 3.86. The highest BCUT2D eigenvalue weighted by molar-refractivity contribution is 4.91. The molecule has 0 atom stereocenters. The van der Waals surface area contributed by atoms with Crippen molar-refractivity contribution in [2.24, 2.45) is 11.3 Å². The average molecular weight is 296 g/mol. The zero-order valence-electron chi connectivity index (χ0n) is 15.0. The summed E-state index contributed by atoms with van der Waals surface area (Å²) >= 11 is 0. The lowest BCUT2D eigenvalue weighted by Gasteiger charge is -2.45. The lowest BCUT2D eigenvalue weighted by atomic mass is 9.75. The molecule has 1 N–H and O–H groups in total. The third-order valence-corrected chi connectivity index (χ3v) is 5.72. The first-order chi connectivity index (χ1) is 9.80. The smallest absolute Gasteiger partial charge is 0.0810 e. The Morgan fingerprint density at radius 2 is 1.57 bits per heavy atom. The Hall–Kier alpha value is -0.0800. The van der Waals surface area contributed by atoms with Gasteiger partial charge in [0.2, 0.25) is 0 Å². The van der Waals surface area contributed by atoms with Gasteiger partial charge in [0.15, 0.2) is 0 Å². The van der Waals surface area contributed by atoms with Crippen LogP contribution in [0.15, 0.2) is 0 Å². The summed E-state index contributed by atoms with van der Waals surface area (Å²) in [6.45, 7) is 12.7. The Morgan fingerprint density at radius 1 is 1.00 bits per heavy atom. The molecule has 0 saturated heterocycles. The molecule has 124 valence electrons. The van der Waals surface area contributed by atoms with Crippen LogP contribution >= 0.6 is 0 Å². The van der Waals surface area contributed by atoms with Gasteiger partial charge in [0.25, 0.3) is 0 Å². The van der Waals surface area contributed by atoms with E-state index >= 15 is 0 Å². The Bertz CT molecular complexity index is 306. The minimum Gasteiger partial charge on any atom is -0.370 e. The van der Waals surface area contributed by atoms with Gasteiger partial charge < -0.3 is 10.1 Å². The quantitative estimate of drug-likeness (QED) is 0.777. The molecule has 0 aromatic heterocycles. The van der Waals surface area contributed by atoms with Gasteiger partial charge in [-0.1, -0.05) is 34.6 Å². The van der Waals surface area contributed by atoms with E-state index in [1.54, 1.807) is 0 Å². The van der Waals surface area contributed by atoms with Crippen molar-refractivity contribution in [2.45, 2.75) is 104 Å². The topological polar surface area (TPSA) is 21.3 Å². The van der Waals surface area contributed by atoms with E-state index in [1.165, 1.54) is 51.4 Å². The molecule has 0 spiro atoms. The molecule has 0 heterocycles. The molecule has 0 aliphatic heterocycles. The van der Waals surface area contributed by atoms with Crippen molar-refractivity contribution in [1.29, 1.82) is 0 Å². The summed E-state index contributed by atoms with van der Waals surface area (Å²) in [5, 5.41) is 3.65. The van der Waals surface area contributed by atoms with E-state index in [4.69, 9.17) is 4.74 Å². The van der Waals surface area contributed by atoms with E-state index in [9.17, 15) is 0 Å². The second-order valence-corrected chi connectivity index (χ2v) is 8.88. The molecular formula is C19H37NO. The van der Waals surface area contributed by atoms with Gasteiger partial charge in [-0.2, -0.15) is 0 Å². The molecule has 0 amide bonds. The van der Waals surface area contributed by atoms with Gasteiger partial charge in [-0.05, 0) is 62.7 Å². The molecule has 0 aromatic carbocycles. The molecule has 2 rings (SSSR count). The number of ether oxygens (including phenoxy) is 1. The molecule has 0 radical (unpaired) electrons. The van der Waals surface area contributed by atoms with Gasteiger partial charge in [0.1, 0.15) is 0 Å². The van der Waals surface area contributed by atoms with Crippen LogP contribution in [0.1, 0.15) is 86.0 Å². The molecule has 0 aromatic rings. The SMILES string of the molecule is CC1CCC(CNC(C)C)(OC2CCC(C)(C)CC2)CC1. The molecule has 2 aliphatic rings. The van der Waals surface area contributed by atoms with Crippen LogP contribution in [0.4, 0.5) is 0 Å². The minimum absolute atomic E-state index is 0.114. The first-order valence-corrected chi connectivity index (χ1v) is 9.21. The normalized spacial score (nSPS) is 34.3. The van der Waals surface area contributed by atoms with Gasteiger partial charge in [0.05, 0.1) is 11.7 Å². The largest absolute Gasteiger partial charge is 0.370 e. The molecule has 21 heavy (non-hydrogen) atoms. The van der Waals surface area contributed by atoms with E-state index < -0.39 is 0 Å². The Kier molecular flexibility index (Phi) is 5.76. The maximum Gasteiger partial charge on any atom is 0.0810 e. The van der Waals surface area contributed by atoms with Crippen molar-refractivity contribution in [3.63, 3.8) is 0 Å². The molecule has 2 heteroatoms. The summed E-state index contributed by atoms with van der Waals surface area (Å²) in [6.07, 6.45) is 10.8. The highest BCUT2D eigenvalue weighted by Crippen LogP contribution is 2.41. The third kappa shape index (κ3) is 5.25. The summed E-state index contributed by atoms with van der Waals surface area (Å²) < 4.78 is 6.75. The second kappa shape index (κ2) is 7.00. The van der Waals surface area contributed by atoms with Gasteiger partial charge in [0, 0.05) is 12.6 Å². The minimum atomic E-state index is 0.114. The van der Waals surface area contributed by atoms with Gasteiger partial charge in [-0.15, -0.1) is 0 Å². The van der Waals surface area contributed by atoms with Crippen LogP contribution in [0.2, 0.25) is 0 Å². The van der Waals surface area contributed by atoms with Crippen molar-refractivity contribution in [1.82, 2.24) is 5.32 Å². The Morgan fingerprint density at radius 3 is 2.10 bits per heavy atom. The van der Waals surface area contributed by atoms with Crippen molar-refractivity contribution in [3.8, 4) is 0 Å². The van der Waals surface area contributed by atoms with Crippen LogP contribution in [0, 0.1) is 11.3 Å². The fraction of sp³-hybridized carbons (Fsp3) is 1.00. The maximum atomic E-state index is 6.75. The van der Waals surface area contributed by atoms with Gasteiger partial charge in [-0.25, -0.2) is 0 Å². The third-order valence-electron chi connectivity index (χ3n) is 5.72. The zero-order valence-corrected chi connectivity index (χ0v) is 15.0. The van der Waals surface area contributed by atoms with Crippen molar-refractivity contribution in [2.75, 3.05) is 6.54 Å². The Labute approximate surface area is 132 Å². The van der Waals surface area contributed by atoms with Gasteiger partial charge >= 0.3 is 0 Å². The first-order valence-electron chi connectivity index (χ1n) is 9.21. The molecule has 2 nitrogen and oxygen atoms in total. The summed E-state index contributed by atoms with van der Waals surface area (Å²) in [5.74, 6) is 0.881. The van der Waals surface area contributed by atoms with Gasteiger partial charge in [-0.3, -0.25) is 0 Å². The number of rotatable bonds is 5. The predicted octanol–water partition coefficient (Wildman–Crippen LogP) is 4.92. The monoisotopic (exact) mass is 295 g/mol. The van der Waals surface area contributed by atoms with Crippen LogP contribution in [0.3, 0.4) is 0 Å². The highest BCUT2D eigenvalue weighted by Gasteiger charge is 2.38. The molecule has 0 bridgehead atoms. The summed E-state index contributed by atoms with van der Waals surface area (Å²) in [7, 11) is 0. The molecule has 2 aliphatic carbocycles. The first kappa shape index (κ1) is 17.3. The number of hydrogen-bond acceptors (Lipinski definition) is 2. The maximum absolute atomic E-state index is 6.75. The summed E-state index contributed by atoms with van der Waals surface area (Å²) in [5.41, 5.74) is 0.646. The molecule has 0 unspecified atom stereocenters. The Balaban J connectivity index is 1.93. The van der Waals surface area contributed by atoms with E-state index in [2.05, 4.69) is 39.9 Å². The van der Waals surface area contributed by atoms with Crippen LogP contribution in [-0.2, 0) is 4.74 Å². The average Bonchev–Trinajstić information content (AvgIpc) is 2.42. The standard InChI is InChI=1S/C19H37NO/c1-15(2)20-14-19(12-6-16(3)7-13-19)21-17-8-10-18(4,5)11-9-17/h15-17,20H,6-14H2,1-5H3. The summed E-state index contributed by atoms with van der Waals surface area (Å²) in [6, 6.07) is 0.551. The second-order valence-electron chi connectivity index (χ2n) is 8.88. The highest BCUT2D eigenvalue weighted by atomic mass is 16.5. The molecular weight excluding hydrogens is 258 g/mol. The summed E-state index contributed by atoms with van der Waals surface area (Å²) in [4.78, 5) is 0.